The second-order valence-electron chi connectivity index (χ2n) is 5.33. The van der Waals surface area contributed by atoms with Gasteiger partial charge in [-0.2, -0.15) is 0 Å². The van der Waals surface area contributed by atoms with Crippen molar-refractivity contribution in [3.05, 3.63) is 0 Å². The highest BCUT2D eigenvalue weighted by molar-refractivity contribution is 5.82. The highest BCUT2D eigenvalue weighted by Crippen LogP contribution is 2.32. The number of rotatable bonds is 3. The van der Waals surface area contributed by atoms with Crippen LogP contribution in [0.2, 0.25) is 0 Å². The Labute approximate surface area is 95.4 Å². The Balaban J connectivity index is 1.48. The molecule has 4 nitrogen and oxygen atoms in total. The predicted octanol–water partition coefficient (Wildman–Crippen LogP) is 0.523. The molecule has 0 spiro atoms. The maximum absolute atomic E-state index is 11.8. The summed E-state index contributed by atoms with van der Waals surface area (Å²) in [5.41, 5.74) is 0. The molecule has 0 unspecified atom stereocenters. The van der Waals surface area contributed by atoms with Gasteiger partial charge in [0.25, 0.3) is 0 Å². The first kappa shape index (κ1) is 10.1. The van der Waals surface area contributed by atoms with Crippen LogP contribution in [0.25, 0.3) is 0 Å². The van der Waals surface area contributed by atoms with Gasteiger partial charge in [0, 0.05) is 31.0 Å². The van der Waals surface area contributed by atoms with Crippen molar-refractivity contribution >= 4 is 11.8 Å². The van der Waals surface area contributed by atoms with E-state index >= 15 is 0 Å². The van der Waals surface area contributed by atoms with Gasteiger partial charge in [-0.3, -0.25) is 9.59 Å². The molecule has 2 aliphatic carbocycles. The van der Waals surface area contributed by atoms with Crippen LogP contribution in [0.1, 0.15) is 32.1 Å². The van der Waals surface area contributed by atoms with Gasteiger partial charge in [-0.05, 0) is 32.1 Å². The van der Waals surface area contributed by atoms with E-state index in [0.29, 0.717) is 11.8 Å². The molecule has 0 aromatic carbocycles. The molecule has 1 saturated heterocycles. The lowest BCUT2D eigenvalue weighted by molar-refractivity contribution is -0.132. The number of likely N-dealkylation sites (tertiary alicyclic amines) is 1. The van der Waals surface area contributed by atoms with Crippen molar-refractivity contribution in [3.8, 4) is 0 Å². The quantitative estimate of drug-likeness (QED) is 0.757. The predicted molar refractivity (Wildman–Crippen MR) is 58.6 cm³/mol. The van der Waals surface area contributed by atoms with Crippen LogP contribution in [-0.2, 0) is 9.59 Å². The van der Waals surface area contributed by atoms with E-state index in [4.69, 9.17) is 0 Å². The second kappa shape index (κ2) is 3.75. The highest BCUT2D eigenvalue weighted by atomic mass is 16.2. The number of carbonyl (C=O) groups is 2. The Morgan fingerprint density at radius 1 is 1.00 bits per heavy atom. The van der Waals surface area contributed by atoms with Crippen molar-refractivity contribution in [2.75, 3.05) is 13.1 Å². The van der Waals surface area contributed by atoms with Crippen LogP contribution in [0.5, 0.6) is 0 Å². The van der Waals surface area contributed by atoms with E-state index in [0.717, 1.165) is 45.2 Å². The smallest absolute Gasteiger partial charge is 0.225 e. The normalized spacial score (nSPS) is 29.2. The van der Waals surface area contributed by atoms with Crippen LogP contribution in [0, 0.1) is 11.8 Å². The maximum atomic E-state index is 11.8. The third-order valence-corrected chi connectivity index (χ3v) is 3.72. The standard InChI is InChI=1S/C12H18N2O2/c15-11(8-1-2-8)13-10-5-6-14(7-10)12(16)9-3-4-9/h8-10H,1-7H2,(H,13,15)/t10-/m0/s1. The molecule has 1 N–H and O–H groups in total. The van der Waals surface area contributed by atoms with Crippen molar-refractivity contribution in [1.82, 2.24) is 10.2 Å². The molecule has 1 atom stereocenters. The number of hydrogen-bond donors (Lipinski definition) is 1. The minimum Gasteiger partial charge on any atom is -0.351 e. The van der Waals surface area contributed by atoms with Crippen LogP contribution in [0.15, 0.2) is 0 Å². The molecular formula is C12H18N2O2. The van der Waals surface area contributed by atoms with E-state index in [2.05, 4.69) is 5.32 Å². The Morgan fingerprint density at radius 3 is 2.31 bits per heavy atom. The molecule has 2 saturated carbocycles. The fraction of sp³-hybridized carbons (Fsp3) is 0.833. The lowest BCUT2D eigenvalue weighted by atomic mass is 10.2. The van der Waals surface area contributed by atoms with Crippen molar-refractivity contribution < 1.29 is 9.59 Å². The van der Waals surface area contributed by atoms with E-state index in [1.807, 2.05) is 4.90 Å². The van der Waals surface area contributed by atoms with Crippen LogP contribution in [-0.4, -0.2) is 35.8 Å². The number of nitrogens with zero attached hydrogens (tertiary/aromatic N) is 1. The van der Waals surface area contributed by atoms with E-state index in [1.165, 1.54) is 0 Å². The first-order valence-corrected chi connectivity index (χ1v) is 6.33. The molecule has 2 amide bonds. The lowest BCUT2D eigenvalue weighted by Crippen LogP contribution is -2.39. The Hall–Kier alpha value is -1.06. The van der Waals surface area contributed by atoms with E-state index in [9.17, 15) is 9.59 Å². The number of nitrogens with one attached hydrogen (secondary N) is 1. The molecule has 3 aliphatic rings. The van der Waals surface area contributed by atoms with Gasteiger partial charge in [0.1, 0.15) is 0 Å². The molecule has 4 heteroatoms. The van der Waals surface area contributed by atoms with Gasteiger partial charge in [-0.1, -0.05) is 0 Å². The first-order chi connectivity index (χ1) is 7.74. The van der Waals surface area contributed by atoms with Gasteiger partial charge < -0.3 is 10.2 Å². The van der Waals surface area contributed by atoms with Gasteiger partial charge in [0.2, 0.25) is 11.8 Å². The molecular weight excluding hydrogens is 204 g/mol. The summed E-state index contributed by atoms with van der Waals surface area (Å²) in [4.78, 5) is 25.3. The van der Waals surface area contributed by atoms with Crippen LogP contribution >= 0.6 is 0 Å². The van der Waals surface area contributed by atoms with E-state index < -0.39 is 0 Å². The summed E-state index contributed by atoms with van der Waals surface area (Å²) in [6.07, 6.45) is 5.15. The van der Waals surface area contributed by atoms with Crippen molar-refractivity contribution in [2.24, 2.45) is 11.8 Å². The zero-order valence-corrected chi connectivity index (χ0v) is 9.45. The fourth-order valence-corrected chi connectivity index (χ4v) is 2.33. The molecule has 16 heavy (non-hydrogen) atoms. The lowest BCUT2D eigenvalue weighted by Gasteiger charge is -2.16. The first-order valence-electron chi connectivity index (χ1n) is 6.33. The topological polar surface area (TPSA) is 49.4 Å². The average molecular weight is 222 g/mol. The van der Waals surface area contributed by atoms with Crippen LogP contribution < -0.4 is 5.32 Å². The molecule has 0 aromatic rings. The summed E-state index contributed by atoms with van der Waals surface area (Å²) in [5, 5.41) is 3.05. The summed E-state index contributed by atoms with van der Waals surface area (Å²) in [6, 6.07) is 0.204. The molecule has 3 rings (SSSR count). The fourth-order valence-electron chi connectivity index (χ4n) is 2.33. The minimum absolute atomic E-state index is 0.200. The summed E-state index contributed by atoms with van der Waals surface area (Å²) in [5.74, 6) is 1.08. The second-order valence-corrected chi connectivity index (χ2v) is 5.33. The Morgan fingerprint density at radius 2 is 1.69 bits per heavy atom. The van der Waals surface area contributed by atoms with Gasteiger partial charge in [-0.25, -0.2) is 0 Å². The zero-order valence-electron chi connectivity index (χ0n) is 9.45. The number of amides is 2. The summed E-state index contributed by atoms with van der Waals surface area (Å²) in [6.45, 7) is 1.55. The van der Waals surface area contributed by atoms with E-state index in [-0.39, 0.29) is 17.9 Å². The molecule has 0 radical (unpaired) electrons. The average Bonchev–Trinajstić information content (AvgIpc) is 3.14. The van der Waals surface area contributed by atoms with Gasteiger partial charge in [0.05, 0.1) is 0 Å². The Kier molecular flexibility index (Phi) is 2.37. The van der Waals surface area contributed by atoms with E-state index in [1.54, 1.807) is 0 Å². The summed E-state index contributed by atoms with van der Waals surface area (Å²) in [7, 11) is 0. The molecule has 88 valence electrons. The highest BCUT2D eigenvalue weighted by Gasteiger charge is 2.38. The maximum Gasteiger partial charge on any atom is 0.225 e. The molecule has 1 aliphatic heterocycles. The zero-order chi connectivity index (χ0) is 11.1. The third-order valence-electron chi connectivity index (χ3n) is 3.72. The van der Waals surface area contributed by atoms with Gasteiger partial charge >= 0.3 is 0 Å². The van der Waals surface area contributed by atoms with Gasteiger partial charge in [-0.15, -0.1) is 0 Å². The molecule has 3 fully saturated rings. The molecule has 0 aromatic heterocycles. The monoisotopic (exact) mass is 222 g/mol. The molecule has 0 bridgehead atoms. The summed E-state index contributed by atoms with van der Waals surface area (Å²) < 4.78 is 0. The minimum atomic E-state index is 0.200. The van der Waals surface area contributed by atoms with Crippen LogP contribution in [0.3, 0.4) is 0 Å². The Bertz CT molecular complexity index is 321. The van der Waals surface area contributed by atoms with Crippen molar-refractivity contribution in [1.29, 1.82) is 0 Å². The van der Waals surface area contributed by atoms with Crippen molar-refractivity contribution in [2.45, 2.75) is 38.1 Å². The van der Waals surface area contributed by atoms with Crippen molar-refractivity contribution in [3.63, 3.8) is 0 Å². The number of carbonyl (C=O) groups excluding carboxylic acids is 2. The van der Waals surface area contributed by atoms with Crippen LogP contribution in [0.4, 0.5) is 0 Å². The SMILES string of the molecule is O=C(N[C@H]1CCN(C(=O)C2CC2)C1)C1CC1. The summed E-state index contributed by atoms with van der Waals surface area (Å²) >= 11 is 0. The van der Waals surface area contributed by atoms with Gasteiger partial charge in [0.15, 0.2) is 0 Å². The third kappa shape index (κ3) is 2.06. The molecule has 1 heterocycles. The largest absolute Gasteiger partial charge is 0.351 e. The number of hydrogen-bond acceptors (Lipinski definition) is 2.